The van der Waals surface area contributed by atoms with Gasteiger partial charge in [0.2, 0.25) is 5.90 Å². The molecule has 0 fully saturated rings. The summed E-state index contributed by atoms with van der Waals surface area (Å²) in [6, 6.07) is 0. The molecule has 0 bridgehead atoms. The maximum atomic E-state index is 11.3. The van der Waals surface area contributed by atoms with E-state index in [0.29, 0.717) is 6.61 Å². The van der Waals surface area contributed by atoms with Crippen molar-refractivity contribution in [3.63, 3.8) is 0 Å². The molecule has 0 spiro atoms. The Morgan fingerprint density at radius 3 is 2.26 bits per heavy atom. The van der Waals surface area contributed by atoms with E-state index >= 15 is 0 Å². The topological polar surface area (TPSA) is 71.4 Å². The minimum atomic E-state index is -0.550. The number of carbonyl (C=O) groups is 1. The van der Waals surface area contributed by atoms with Crippen LogP contribution in [0.15, 0.2) is 12.3 Å². The zero-order chi connectivity index (χ0) is 15.1. The molecule has 5 heteroatoms. The Morgan fingerprint density at radius 1 is 1.21 bits per heavy atom. The van der Waals surface area contributed by atoms with Gasteiger partial charge in [-0.15, -0.1) is 0 Å². The number of nitrogens with one attached hydrogen (secondary N) is 2. The highest BCUT2D eigenvalue weighted by Crippen LogP contribution is 2.17. The number of amides is 1. The summed E-state index contributed by atoms with van der Waals surface area (Å²) in [5.74, 6) is 0.0142. The van der Waals surface area contributed by atoms with Crippen LogP contribution >= 0.6 is 0 Å². The highest BCUT2D eigenvalue weighted by atomic mass is 16.6. The number of rotatable bonds is 4. The van der Waals surface area contributed by atoms with Gasteiger partial charge < -0.3 is 9.47 Å². The highest BCUT2D eigenvalue weighted by molar-refractivity contribution is 5.85. The van der Waals surface area contributed by atoms with Crippen molar-refractivity contribution in [3.05, 3.63) is 12.3 Å². The van der Waals surface area contributed by atoms with Gasteiger partial charge in [-0.1, -0.05) is 20.8 Å². The van der Waals surface area contributed by atoms with Crippen molar-refractivity contribution in [2.45, 2.75) is 53.6 Å². The standard InChI is InChI=1S/C14H26N2O3/c1-13(2,3)8-10-18-11(15)7-9-16-12(17)19-14(4,5)6/h7,9,15H,8,10H2,1-6H3,(H,16,17)/b9-7-,15-11?. The Kier molecular flexibility index (Phi) is 6.59. The van der Waals surface area contributed by atoms with E-state index in [1.165, 1.54) is 12.3 Å². The van der Waals surface area contributed by atoms with Gasteiger partial charge in [0.25, 0.3) is 0 Å². The summed E-state index contributed by atoms with van der Waals surface area (Å²) < 4.78 is 10.2. The average Bonchev–Trinajstić information content (AvgIpc) is 2.12. The molecule has 0 atom stereocenters. The molecule has 0 saturated heterocycles. The number of hydrogen-bond donors (Lipinski definition) is 2. The molecule has 0 unspecified atom stereocenters. The number of ether oxygens (including phenoxy) is 2. The first-order valence-corrected chi connectivity index (χ1v) is 6.37. The summed E-state index contributed by atoms with van der Waals surface area (Å²) in [4.78, 5) is 11.3. The molecule has 19 heavy (non-hydrogen) atoms. The molecule has 5 nitrogen and oxygen atoms in total. The molecule has 0 heterocycles. The van der Waals surface area contributed by atoms with Gasteiger partial charge in [0, 0.05) is 12.3 Å². The van der Waals surface area contributed by atoms with Crippen molar-refractivity contribution in [2.24, 2.45) is 5.41 Å². The van der Waals surface area contributed by atoms with Crippen LogP contribution in [-0.4, -0.2) is 24.2 Å². The number of alkyl carbamates (subject to hydrolysis) is 1. The van der Waals surface area contributed by atoms with Crippen molar-refractivity contribution in [1.82, 2.24) is 5.32 Å². The van der Waals surface area contributed by atoms with E-state index in [1.807, 2.05) is 0 Å². The van der Waals surface area contributed by atoms with E-state index in [9.17, 15) is 4.79 Å². The van der Waals surface area contributed by atoms with Crippen LogP contribution in [-0.2, 0) is 9.47 Å². The zero-order valence-electron chi connectivity index (χ0n) is 12.8. The largest absolute Gasteiger partial charge is 0.478 e. The van der Waals surface area contributed by atoms with Gasteiger partial charge in [0.1, 0.15) is 5.60 Å². The second-order valence-electron chi connectivity index (χ2n) is 6.50. The summed E-state index contributed by atoms with van der Waals surface area (Å²) in [6.07, 6.45) is 3.04. The Labute approximate surface area is 115 Å². The Morgan fingerprint density at radius 2 is 1.79 bits per heavy atom. The Hall–Kier alpha value is -1.52. The van der Waals surface area contributed by atoms with E-state index in [0.717, 1.165) is 6.42 Å². The van der Waals surface area contributed by atoms with Crippen molar-refractivity contribution in [2.75, 3.05) is 6.61 Å². The fourth-order valence-electron chi connectivity index (χ4n) is 1.01. The van der Waals surface area contributed by atoms with Crippen LogP contribution < -0.4 is 5.32 Å². The fraction of sp³-hybridized carbons (Fsp3) is 0.714. The predicted molar refractivity (Wildman–Crippen MR) is 76.3 cm³/mol. The van der Waals surface area contributed by atoms with Gasteiger partial charge in [-0.05, 0) is 32.6 Å². The molecule has 1 amide bonds. The first kappa shape index (κ1) is 17.5. The third-order valence-electron chi connectivity index (χ3n) is 1.94. The SMILES string of the molecule is CC(C)(C)CCOC(=N)/C=C\NC(=O)OC(C)(C)C. The fourth-order valence-corrected chi connectivity index (χ4v) is 1.01. The van der Waals surface area contributed by atoms with E-state index in [2.05, 4.69) is 26.1 Å². The van der Waals surface area contributed by atoms with Crippen LogP contribution in [0.3, 0.4) is 0 Å². The van der Waals surface area contributed by atoms with Crippen molar-refractivity contribution < 1.29 is 14.3 Å². The smallest absolute Gasteiger partial charge is 0.411 e. The van der Waals surface area contributed by atoms with Gasteiger partial charge in [0.05, 0.1) is 6.61 Å². The second kappa shape index (κ2) is 7.16. The molecular weight excluding hydrogens is 244 g/mol. The average molecular weight is 270 g/mol. The molecule has 0 aliphatic carbocycles. The molecule has 0 aromatic heterocycles. The summed E-state index contributed by atoms with van der Waals surface area (Å²) in [5.41, 5.74) is -0.354. The maximum Gasteiger partial charge on any atom is 0.411 e. The van der Waals surface area contributed by atoms with Crippen LogP contribution in [0, 0.1) is 10.8 Å². The zero-order valence-corrected chi connectivity index (χ0v) is 12.8. The number of hydrogen-bond acceptors (Lipinski definition) is 4. The molecule has 0 saturated carbocycles. The minimum Gasteiger partial charge on any atom is -0.478 e. The third kappa shape index (κ3) is 12.7. The van der Waals surface area contributed by atoms with Crippen LogP contribution in [0.5, 0.6) is 0 Å². The molecule has 0 aliphatic rings. The molecule has 0 aliphatic heterocycles. The first-order chi connectivity index (χ1) is 8.49. The first-order valence-electron chi connectivity index (χ1n) is 6.37. The lowest BCUT2D eigenvalue weighted by Crippen LogP contribution is -2.29. The molecule has 110 valence electrons. The van der Waals surface area contributed by atoms with Gasteiger partial charge in [-0.2, -0.15) is 0 Å². The van der Waals surface area contributed by atoms with E-state index < -0.39 is 11.7 Å². The van der Waals surface area contributed by atoms with Gasteiger partial charge in [-0.25, -0.2) is 4.79 Å². The van der Waals surface area contributed by atoms with Crippen molar-refractivity contribution in [3.8, 4) is 0 Å². The summed E-state index contributed by atoms with van der Waals surface area (Å²) in [5, 5.41) is 9.93. The monoisotopic (exact) mass is 270 g/mol. The normalized spacial score (nSPS) is 12.3. The van der Waals surface area contributed by atoms with Crippen LogP contribution in [0.25, 0.3) is 0 Å². The second-order valence-corrected chi connectivity index (χ2v) is 6.50. The molecule has 0 radical (unpaired) electrons. The summed E-state index contributed by atoms with van der Waals surface area (Å²) in [7, 11) is 0. The predicted octanol–water partition coefficient (Wildman–Crippen LogP) is 3.45. The van der Waals surface area contributed by atoms with Crippen molar-refractivity contribution >= 4 is 12.0 Å². The quantitative estimate of drug-likeness (QED) is 0.607. The summed E-state index contributed by atoms with van der Waals surface area (Å²) in [6.45, 7) is 12.2. The van der Waals surface area contributed by atoms with Gasteiger partial charge in [0.15, 0.2) is 0 Å². The van der Waals surface area contributed by atoms with E-state index in [1.54, 1.807) is 20.8 Å². The van der Waals surface area contributed by atoms with Crippen LogP contribution in [0.4, 0.5) is 4.79 Å². The molecule has 0 aromatic carbocycles. The van der Waals surface area contributed by atoms with E-state index in [-0.39, 0.29) is 11.3 Å². The number of carbonyl (C=O) groups excluding carboxylic acids is 1. The van der Waals surface area contributed by atoms with Crippen LogP contribution in [0.1, 0.15) is 48.0 Å². The van der Waals surface area contributed by atoms with Gasteiger partial charge >= 0.3 is 6.09 Å². The molecule has 2 N–H and O–H groups in total. The lowest BCUT2D eigenvalue weighted by Gasteiger charge is -2.18. The highest BCUT2D eigenvalue weighted by Gasteiger charge is 2.14. The summed E-state index contributed by atoms with van der Waals surface area (Å²) >= 11 is 0. The van der Waals surface area contributed by atoms with Crippen molar-refractivity contribution in [1.29, 1.82) is 5.41 Å². The third-order valence-corrected chi connectivity index (χ3v) is 1.94. The minimum absolute atomic E-state index is 0.0142. The van der Waals surface area contributed by atoms with Gasteiger partial charge in [-0.3, -0.25) is 10.7 Å². The van der Waals surface area contributed by atoms with E-state index in [4.69, 9.17) is 14.9 Å². The Bertz CT molecular complexity index is 336. The molecular formula is C14H26N2O3. The lowest BCUT2D eigenvalue weighted by atomic mass is 9.93. The molecule has 0 aromatic rings. The lowest BCUT2D eigenvalue weighted by molar-refractivity contribution is 0.0552. The Balaban J connectivity index is 3.88. The van der Waals surface area contributed by atoms with Crippen LogP contribution in [0.2, 0.25) is 0 Å². The molecule has 0 rings (SSSR count). The maximum absolute atomic E-state index is 11.3.